The third kappa shape index (κ3) is 1.71. The number of aromatic amines is 1. The van der Waals surface area contributed by atoms with Gasteiger partial charge in [0.15, 0.2) is 0 Å². The number of aromatic nitrogens is 1. The van der Waals surface area contributed by atoms with Crippen LogP contribution in [0.5, 0.6) is 0 Å². The summed E-state index contributed by atoms with van der Waals surface area (Å²) in [6.45, 7) is 3.50. The number of fused-ring (bicyclic) bond motifs is 1. The third-order valence-corrected chi connectivity index (χ3v) is 3.03. The lowest BCUT2D eigenvalue weighted by atomic mass is 10.1. The van der Waals surface area contributed by atoms with Crippen molar-refractivity contribution < 1.29 is 4.79 Å². The number of halogens is 1. The molecule has 4 heteroatoms. The molecule has 0 radical (unpaired) electrons. The van der Waals surface area contributed by atoms with Gasteiger partial charge in [-0.05, 0) is 27.6 Å². The summed E-state index contributed by atoms with van der Waals surface area (Å²) in [5.41, 5.74) is 2.50. The molecule has 0 atom stereocenters. The first-order valence-electron chi connectivity index (χ1n) is 4.84. The minimum atomic E-state index is 0.243. The van der Waals surface area contributed by atoms with Crippen LogP contribution in [0, 0.1) is 0 Å². The summed E-state index contributed by atoms with van der Waals surface area (Å²) in [6, 6.07) is 2.06. The van der Waals surface area contributed by atoms with Crippen molar-refractivity contribution in [3.63, 3.8) is 0 Å². The number of hydrogen-bond acceptors (Lipinski definition) is 1. The molecule has 0 saturated heterocycles. The Bertz CT molecular complexity index is 359. The molecule has 1 aliphatic rings. The molecular weight excluding hydrogens is 244 g/mol. The van der Waals surface area contributed by atoms with E-state index in [1.54, 1.807) is 0 Å². The number of carbonyl (C=O) groups is 1. The van der Waals surface area contributed by atoms with Crippen LogP contribution in [0.1, 0.15) is 24.6 Å². The molecule has 0 aromatic carbocycles. The largest absolute Gasteiger partial charge is 0.353 e. The van der Waals surface area contributed by atoms with E-state index in [0.29, 0.717) is 6.42 Å². The van der Waals surface area contributed by atoms with Crippen LogP contribution >= 0.6 is 15.9 Å². The lowest BCUT2D eigenvalue weighted by Crippen LogP contribution is -2.35. The molecule has 1 aromatic heterocycles. The van der Waals surface area contributed by atoms with Crippen molar-refractivity contribution in [1.82, 2.24) is 9.88 Å². The third-order valence-electron chi connectivity index (χ3n) is 2.61. The van der Waals surface area contributed by atoms with Crippen molar-refractivity contribution in [2.75, 3.05) is 6.54 Å². The molecule has 1 aliphatic heterocycles. The molecule has 1 N–H and O–H groups in total. The van der Waals surface area contributed by atoms with Gasteiger partial charge in [0.1, 0.15) is 0 Å². The Hall–Kier alpha value is -0.770. The zero-order valence-corrected chi connectivity index (χ0v) is 9.73. The molecule has 0 fully saturated rings. The van der Waals surface area contributed by atoms with E-state index >= 15 is 0 Å². The summed E-state index contributed by atoms with van der Waals surface area (Å²) in [7, 11) is 0. The van der Waals surface area contributed by atoms with Crippen molar-refractivity contribution >= 4 is 21.8 Å². The lowest BCUT2D eigenvalue weighted by molar-refractivity contribution is -0.131. The Morgan fingerprint density at radius 3 is 3.21 bits per heavy atom. The maximum absolute atomic E-state index is 11.5. The van der Waals surface area contributed by atoms with E-state index in [0.717, 1.165) is 24.1 Å². The highest BCUT2D eigenvalue weighted by Gasteiger charge is 2.20. The van der Waals surface area contributed by atoms with Gasteiger partial charge in [-0.3, -0.25) is 4.79 Å². The maximum atomic E-state index is 11.5. The van der Waals surface area contributed by atoms with Crippen LogP contribution in [-0.2, 0) is 17.8 Å². The standard InChI is InChI=1S/C10H13BrN2O/c1-2-10(14)13-4-3-8-7(6-13)5-9(11)12-8/h5,12H,2-4,6H2,1H3. The van der Waals surface area contributed by atoms with Gasteiger partial charge in [-0.25, -0.2) is 0 Å². The fraction of sp³-hybridized carbons (Fsp3) is 0.500. The van der Waals surface area contributed by atoms with Gasteiger partial charge >= 0.3 is 0 Å². The first kappa shape index (κ1) is 9.77. The predicted octanol–water partition coefficient (Wildman–Crippen LogP) is 2.07. The van der Waals surface area contributed by atoms with Crippen LogP contribution in [0.15, 0.2) is 10.7 Å². The number of amides is 1. The van der Waals surface area contributed by atoms with E-state index in [2.05, 4.69) is 27.0 Å². The van der Waals surface area contributed by atoms with Crippen LogP contribution in [-0.4, -0.2) is 22.3 Å². The van der Waals surface area contributed by atoms with Crippen LogP contribution in [0.4, 0.5) is 0 Å². The molecule has 0 saturated carbocycles. The highest BCUT2D eigenvalue weighted by atomic mass is 79.9. The van der Waals surface area contributed by atoms with Crippen LogP contribution in [0.25, 0.3) is 0 Å². The van der Waals surface area contributed by atoms with Gasteiger partial charge in [-0.2, -0.15) is 0 Å². The Labute approximate surface area is 91.6 Å². The second-order valence-corrected chi connectivity index (χ2v) is 4.39. The average molecular weight is 257 g/mol. The highest BCUT2D eigenvalue weighted by Crippen LogP contribution is 2.22. The van der Waals surface area contributed by atoms with Gasteiger partial charge in [0.2, 0.25) is 5.91 Å². The number of hydrogen-bond donors (Lipinski definition) is 1. The lowest BCUT2D eigenvalue weighted by Gasteiger charge is -2.26. The van der Waals surface area contributed by atoms with Gasteiger partial charge in [0.05, 0.1) is 4.60 Å². The number of H-pyrrole nitrogens is 1. The van der Waals surface area contributed by atoms with E-state index in [-0.39, 0.29) is 5.91 Å². The number of nitrogens with zero attached hydrogens (tertiary/aromatic N) is 1. The van der Waals surface area contributed by atoms with E-state index in [4.69, 9.17) is 0 Å². The van der Waals surface area contributed by atoms with E-state index in [1.165, 1.54) is 11.3 Å². The molecule has 3 nitrogen and oxygen atoms in total. The van der Waals surface area contributed by atoms with Gasteiger partial charge in [-0.1, -0.05) is 6.92 Å². The Kier molecular flexibility index (Phi) is 2.63. The zero-order valence-electron chi connectivity index (χ0n) is 8.14. The van der Waals surface area contributed by atoms with E-state index in [9.17, 15) is 4.79 Å². The normalized spacial score (nSPS) is 15.4. The second kappa shape index (κ2) is 3.77. The SMILES string of the molecule is CCC(=O)N1CCc2[nH]c(Br)cc2C1. The first-order chi connectivity index (χ1) is 6.70. The predicted molar refractivity (Wildman–Crippen MR) is 57.9 cm³/mol. The van der Waals surface area contributed by atoms with E-state index in [1.807, 2.05) is 11.8 Å². The molecule has 0 aliphatic carbocycles. The van der Waals surface area contributed by atoms with Gasteiger partial charge < -0.3 is 9.88 Å². The van der Waals surface area contributed by atoms with Gasteiger partial charge in [-0.15, -0.1) is 0 Å². The average Bonchev–Trinajstić information content (AvgIpc) is 2.55. The fourth-order valence-corrected chi connectivity index (χ4v) is 2.35. The quantitative estimate of drug-likeness (QED) is 0.821. The Morgan fingerprint density at radius 1 is 1.71 bits per heavy atom. The summed E-state index contributed by atoms with van der Waals surface area (Å²) in [4.78, 5) is 16.7. The fourth-order valence-electron chi connectivity index (χ4n) is 1.83. The van der Waals surface area contributed by atoms with Gasteiger partial charge in [0.25, 0.3) is 0 Å². The Morgan fingerprint density at radius 2 is 2.50 bits per heavy atom. The summed E-state index contributed by atoms with van der Waals surface area (Å²) in [6.07, 6.45) is 1.54. The number of nitrogens with one attached hydrogen (secondary N) is 1. The van der Waals surface area contributed by atoms with Crippen molar-refractivity contribution in [1.29, 1.82) is 0 Å². The minimum Gasteiger partial charge on any atom is -0.353 e. The molecule has 1 amide bonds. The number of carbonyl (C=O) groups excluding carboxylic acids is 1. The summed E-state index contributed by atoms with van der Waals surface area (Å²) >= 11 is 3.41. The van der Waals surface area contributed by atoms with Crippen molar-refractivity contribution in [2.24, 2.45) is 0 Å². The van der Waals surface area contributed by atoms with Gasteiger partial charge in [0, 0.05) is 31.6 Å². The molecule has 76 valence electrons. The molecule has 0 bridgehead atoms. The Balaban J connectivity index is 2.16. The smallest absolute Gasteiger partial charge is 0.222 e. The van der Waals surface area contributed by atoms with Crippen molar-refractivity contribution in [3.05, 3.63) is 21.9 Å². The molecular formula is C10H13BrN2O. The molecule has 14 heavy (non-hydrogen) atoms. The van der Waals surface area contributed by atoms with Crippen molar-refractivity contribution in [3.8, 4) is 0 Å². The molecule has 2 heterocycles. The second-order valence-electron chi connectivity index (χ2n) is 3.54. The van der Waals surface area contributed by atoms with Crippen LogP contribution in [0.3, 0.4) is 0 Å². The molecule has 0 spiro atoms. The zero-order chi connectivity index (χ0) is 10.1. The molecule has 2 rings (SSSR count). The maximum Gasteiger partial charge on any atom is 0.222 e. The van der Waals surface area contributed by atoms with E-state index < -0.39 is 0 Å². The minimum absolute atomic E-state index is 0.243. The first-order valence-corrected chi connectivity index (χ1v) is 5.64. The summed E-state index contributed by atoms with van der Waals surface area (Å²) in [5, 5.41) is 0. The highest BCUT2D eigenvalue weighted by molar-refractivity contribution is 9.10. The summed E-state index contributed by atoms with van der Waals surface area (Å²) < 4.78 is 1.01. The van der Waals surface area contributed by atoms with Crippen molar-refractivity contribution in [2.45, 2.75) is 26.3 Å². The topological polar surface area (TPSA) is 36.1 Å². The monoisotopic (exact) mass is 256 g/mol. The molecule has 1 aromatic rings. The van der Waals surface area contributed by atoms with Crippen LogP contribution < -0.4 is 0 Å². The van der Waals surface area contributed by atoms with Crippen LogP contribution in [0.2, 0.25) is 0 Å². The summed E-state index contributed by atoms with van der Waals surface area (Å²) in [5.74, 6) is 0.243. The molecule has 0 unspecified atom stereocenters. The number of rotatable bonds is 1.